The van der Waals surface area contributed by atoms with E-state index in [-0.39, 0.29) is 11.8 Å². The van der Waals surface area contributed by atoms with Crippen molar-refractivity contribution in [3.05, 3.63) is 48.3 Å². The standard InChI is InChI=1S/C19H20FN5/c1-24-8-10-25(11-9-24)18-16-7-4-14(12-17(16)22-19(21)23-18)13-2-5-15(20)6-3-13/h2-7,12H,8-11H2,1H3,(H2,21,22,23). The summed E-state index contributed by atoms with van der Waals surface area (Å²) in [6.07, 6.45) is 0. The SMILES string of the molecule is CN1CCN(c2nc(N)nc3cc(-c4ccc(F)cc4)ccc23)CC1. The van der Waals surface area contributed by atoms with Crippen molar-refractivity contribution in [2.75, 3.05) is 43.9 Å². The Morgan fingerprint density at radius 1 is 0.920 bits per heavy atom. The first-order valence-electron chi connectivity index (χ1n) is 8.37. The van der Waals surface area contributed by atoms with Gasteiger partial charge in [-0.1, -0.05) is 18.2 Å². The number of piperazine rings is 1. The molecule has 2 N–H and O–H groups in total. The highest BCUT2D eigenvalue weighted by Crippen LogP contribution is 2.29. The Morgan fingerprint density at radius 2 is 1.60 bits per heavy atom. The molecule has 5 nitrogen and oxygen atoms in total. The highest BCUT2D eigenvalue weighted by molar-refractivity contribution is 5.93. The van der Waals surface area contributed by atoms with Crippen molar-refractivity contribution in [3.8, 4) is 11.1 Å². The molecule has 0 saturated carbocycles. The second-order valence-corrected chi connectivity index (χ2v) is 6.43. The molecule has 0 atom stereocenters. The number of hydrogen-bond donors (Lipinski definition) is 1. The second-order valence-electron chi connectivity index (χ2n) is 6.43. The smallest absolute Gasteiger partial charge is 0.222 e. The summed E-state index contributed by atoms with van der Waals surface area (Å²) in [5.41, 5.74) is 8.69. The van der Waals surface area contributed by atoms with Gasteiger partial charge in [-0.2, -0.15) is 4.98 Å². The normalized spacial score (nSPS) is 15.7. The number of fused-ring (bicyclic) bond motifs is 1. The van der Waals surface area contributed by atoms with Gasteiger partial charge in [0, 0.05) is 31.6 Å². The molecule has 0 amide bonds. The molecule has 6 heteroatoms. The first-order valence-corrected chi connectivity index (χ1v) is 8.37. The van der Waals surface area contributed by atoms with Gasteiger partial charge in [0.1, 0.15) is 11.6 Å². The van der Waals surface area contributed by atoms with Crippen LogP contribution in [0.3, 0.4) is 0 Å². The van der Waals surface area contributed by atoms with Gasteiger partial charge in [0.15, 0.2) is 0 Å². The molecule has 0 radical (unpaired) electrons. The van der Waals surface area contributed by atoms with Crippen LogP contribution < -0.4 is 10.6 Å². The van der Waals surface area contributed by atoms with Crippen LogP contribution in [-0.2, 0) is 0 Å². The summed E-state index contributed by atoms with van der Waals surface area (Å²) < 4.78 is 13.1. The number of nitrogen functional groups attached to an aromatic ring is 1. The molecule has 1 aliphatic rings. The van der Waals surface area contributed by atoms with Gasteiger partial charge in [-0.25, -0.2) is 9.37 Å². The number of rotatable bonds is 2. The van der Waals surface area contributed by atoms with Gasteiger partial charge in [0.25, 0.3) is 0 Å². The number of nitrogens with zero attached hydrogens (tertiary/aromatic N) is 4. The zero-order valence-electron chi connectivity index (χ0n) is 14.1. The fourth-order valence-corrected chi connectivity index (χ4v) is 3.21. The maximum atomic E-state index is 13.1. The van der Waals surface area contributed by atoms with Crippen LogP contribution in [0.25, 0.3) is 22.0 Å². The maximum absolute atomic E-state index is 13.1. The fourth-order valence-electron chi connectivity index (χ4n) is 3.21. The van der Waals surface area contributed by atoms with Gasteiger partial charge in [-0.15, -0.1) is 0 Å². The molecule has 2 heterocycles. The minimum Gasteiger partial charge on any atom is -0.368 e. The summed E-state index contributed by atoms with van der Waals surface area (Å²) in [5, 5.41) is 0.990. The maximum Gasteiger partial charge on any atom is 0.222 e. The summed E-state index contributed by atoms with van der Waals surface area (Å²) >= 11 is 0. The Hall–Kier alpha value is -2.73. The van der Waals surface area contributed by atoms with Crippen LogP contribution in [0.15, 0.2) is 42.5 Å². The molecule has 25 heavy (non-hydrogen) atoms. The summed E-state index contributed by atoms with van der Waals surface area (Å²) in [5.74, 6) is 0.924. The van der Waals surface area contributed by atoms with Crippen LogP contribution in [0, 0.1) is 5.82 Å². The predicted octanol–water partition coefficient (Wildman–Crippen LogP) is 2.77. The van der Waals surface area contributed by atoms with E-state index >= 15 is 0 Å². The number of aromatic nitrogens is 2. The highest BCUT2D eigenvalue weighted by atomic mass is 19.1. The Morgan fingerprint density at radius 3 is 2.32 bits per heavy atom. The molecule has 1 aromatic heterocycles. The van der Waals surface area contributed by atoms with E-state index in [9.17, 15) is 4.39 Å². The first-order chi connectivity index (χ1) is 12.1. The second kappa shape index (κ2) is 6.29. The van der Waals surface area contributed by atoms with Crippen molar-refractivity contribution in [2.24, 2.45) is 0 Å². The lowest BCUT2D eigenvalue weighted by molar-refractivity contribution is 0.312. The van der Waals surface area contributed by atoms with E-state index in [2.05, 4.69) is 26.8 Å². The molecule has 1 saturated heterocycles. The average Bonchev–Trinajstić information content (AvgIpc) is 2.62. The van der Waals surface area contributed by atoms with Crippen LogP contribution in [-0.4, -0.2) is 48.1 Å². The third-order valence-electron chi connectivity index (χ3n) is 4.67. The molecule has 1 aliphatic heterocycles. The number of anilines is 2. The van der Waals surface area contributed by atoms with E-state index in [1.54, 1.807) is 12.1 Å². The van der Waals surface area contributed by atoms with Gasteiger partial charge in [-0.05, 0) is 42.4 Å². The zero-order valence-corrected chi connectivity index (χ0v) is 14.1. The van der Waals surface area contributed by atoms with E-state index in [0.717, 1.165) is 54.0 Å². The van der Waals surface area contributed by atoms with Crippen molar-refractivity contribution < 1.29 is 4.39 Å². The summed E-state index contributed by atoms with van der Waals surface area (Å²) in [7, 11) is 2.12. The minimum atomic E-state index is -0.242. The number of halogens is 1. The van der Waals surface area contributed by atoms with Crippen LogP contribution in [0.2, 0.25) is 0 Å². The summed E-state index contributed by atoms with van der Waals surface area (Å²) in [6.45, 7) is 3.83. The van der Waals surface area contributed by atoms with E-state index in [1.165, 1.54) is 12.1 Å². The Kier molecular flexibility index (Phi) is 3.97. The number of benzene rings is 2. The van der Waals surface area contributed by atoms with Crippen LogP contribution in [0.1, 0.15) is 0 Å². The fraction of sp³-hybridized carbons (Fsp3) is 0.263. The van der Waals surface area contributed by atoms with E-state index in [4.69, 9.17) is 5.73 Å². The monoisotopic (exact) mass is 337 g/mol. The molecule has 0 bridgehead atoms. The molecule has 2 aromatic carbocycles. The Balaban J connectivity index is 1.77. The van der Waals surface area contributed by atoms with Crippen LogP contribution >= 0.6 is 0 Å². The van der Waals surface area contributed by atoms with Gasteiger partial charge < -0.3 is 15.5 Å². The number of likely N-dealkylation sites (N-methyl/N-ethyl adjacent to an activating group) is 1. The summed E-state index contributed by atoms with van der Waals surface area (Å²) in [6, 6.07) is 12.5. The van der Waals surface area contributed by atoms with Crippen molar-refractivity contribution >= 4 is 22.7 Å². The topological polar surface area (TPSA) is 58.3 Å². The predicted molar refractivity (Wildman–Crippen MR) is 99.1 cm³/mol. The molecule has 0 aliphatic carbocycles. The minimum absolute atomic E-state index is 0.242. The lowest BCUT2D eigenvalue weighted by atomic mass is 10.0. The summed E-state index contributed by atoms with van der Waals surface area (Å²) in [4.78, 5) is 13.5. The van der Waals surface area contributed by atoms with E-state index in [0.29, 0.717) is 0 Å². The van der Waals surface area contributed by atoms with Gasteiger partial charge in [0.05, 0.1) is 5.52 Å². The highest BCUT2D eigenvalue weighted by Gasteiger charge is 2.19. The van der Waals surface area contributed by atoms with Crippen molar-refractivity contribution in [1.29, 1.82) is 0 Å². The lowest BCUT2D eigenvalue weighted by Gasteiger charge is -2.33. The largest absolute Gasteiger partial charge is 0.368 e. The van der Waals surface area contributed by atoms with Gasteiger partial charge >= 0.3 is 0 Å². The molecule has 0 unspecified atom stereocenters. The Bertz CT molecular complexity index is 902. The molecular formula is C19H20FN5. The molecule has 128 valence electrons. The van der Waals surface area contributed by atoms with Gasteiger partial charge in [0.2, 0.25) is 5.95 Å². The molecular weight excluding hydrogens is 317 g/mol. The molecule has 3 aromatic rings. The molecule has 1 fully saturated rings. The van der Waals surface area contributed by atoms with Crippen LogP contribution in [0.5, 0.6) is 0 Å². The van der Waals surface area contributed by atoms with E-state index in [1.807, 2.05) is 18.2 Å². The molecule has 0 spiro atoms. The number of hydrogen-bond acceptors (Lipinski definition) is 5. The van der Waals surface area contributed by atoms with Crippen LogP contribution in [0.4, 0.5) is 16.2 Å². The van der Waals surface area contributed by atoms with E-state index < -0.39 is 0 Å². The quantitative estimate of drug-likeness (QED) is 0.779. The first kappa shape index (κ1) is 15.8. The Labute approximate surface area is 145 Å². The van der Waals surface area contributed by atoms with Crippen molar-refractivity contribution in [3.63, 3.8) is 0 Å². The third kappa shape index (κ3) is 3.13. The van der Waals surface area contributed by atoms with Gasteiger partial charge in [-0.3, -0.25) is 0 Å². The van der Waals surface area contributed by atoms with Crippen molar-refractivity contribution in [1.82, 2.24) is 14.9 Å². The lowest BCUT2D eigenvalue weighted by Crippen LogP contribution is -2.45. The van der Waals surface area contributed by atoms with Crippen molar-refractivity contribution in [2.45, 2.75) is 0 Å². The number of nitrogens with two attached hydrogens (primary N) is 1. The average molecular weight is 337 g/mol. The zero-order chi connectivity index (χ0) is 17.4. The molecule has 4 rings (SSSR count). The third-order valence-corrected chi connectivity index (χ3v) is 4.67.